The Morgan fingerprint density at radius 1 is 0.667 bits per heavy atom. The molecule has 4 aromatic carbocycles. The quantitative estimate of drug-likeness (QED) is 0.367. The van der Waals surface area contributed by atoms with Crippen LogP contribution >= 0.6 is 0 Å². The van der Waals surface area contributed by atoms with Crippen LogP contribution in [-0.2, 0) is 16.6 Å². The Morgan fingerprint density at radius 2 is 1.30 bits per heavy atom. The zero-order valence-electron chi connectivity index (χ0n) is 14.9. The second kappa shape index (κ2) is 5.17. The Kier molecular flexibility index (Phi) is 2.86. The number of benzene rings is 4. The monoisotopic (exact) mass is 346 g/mol. The zero-order chi connectivity index (χ0) is 18.0. The van der Waals surface area contributed by atoms with Crippen molar-refractivity contribution in [1.82, 2.24) is 0 Å². The highest BCUT2D eigenvalue weighted by Crippen LogP contribution is 2.53. The van der Waals surface area contributed by atoms with Crippen LogP contribution in [-0.4, -0.2) is 5.78 Å². The first-order chi connectivity index (χ1) is 13.3. The number of rotatable bonds is 0. The number of carbonyl (C=O) groups excluding carboxylic acids is 1. The Hall–Kier alpha value is -3.19. The van der Waals surface area contributed by atoms with Gasteiger partial charge in [0.15, 0.2) is 5.78 Å². The smallest absolute Gasteiger partial charge is 0.170 e. The van der Waals surface area contributed by atoms with Crippen LogP contribution < -0.4 is 0 Å². The van der Waals surface area contributed by atoms with Crippen LogP contribution in [0.4, 0.5) is 0 Å². The highest BCUT2D eigenvalue weighted by molar-refractivity contribution is 6.17. The summed E-state index contributed by atoms with van der Waals surface area (Å²) in [6.45, 7) is 0. The molecule has 1 unspecified atom stereocenters. The molecular weight excluding hydrogens is 328 g/mol. The maximum atomic E-state index is 13.4. The van der Waals surface area contributed by atoms with Gasteiger partial charge in [0.25, 0.3) is 0 Å². The van der Waals surface area contributed by atoms with Crippen LogP contribution in [0.2, 0.25) is 0 Å². The van der Waals surface area contributed by atoms with Crippen molar-refractivity contribution in [3.8, 4) is 0 Å². The van der Waals surface area contributed by atoms with Crippen LogP contribution in [0.3, 0.4) is 0 Å². The molecule has 2 aliphatic rings. The van der Waals surface area contributed by atoms with E-state index in [1.54, 1.807) is 6.08 Å². The molecule has 0 saturated heterocycles. The van der Waals surface area contributed by atoms with E-state index in [0.29, 0.717) is 0 Å². The van der Waals surface area contributed by atoms with Crippen molar-refractivity contribution in [1.29, 1.82) is 0 Å². The lowest BCUT2D eigenvalue weighted by Gasteiger charge is -2.33. The van der Waals surface area contributed by atoms with Crippen molar-refractivity contribution >= 4 is 33.4 Å². The zero-order valence-corrected chi connectivity index (χ0v) is 14.9. The van der Waals surface area contributed by atoms with E-state index in [0.717, 1.165) is 18.4 Å². The number of hydrogen-bond donors (Lipinski definition) is 0. The predicted octanol–water partition coefficient (Wildman–Crippen LogP) is 5.82. The molecule has 1 atom stereocenters. The molecule has 2 aliphatic carbocycles. The van der Waals surface area contributed by atoms with Gasteiger partial charge in [-0.2, -0.15) is 0 Å². The molecular formula is C26H18O. The van der Waals surface area contributed by atoms with Crippen LogP contribution in [0.15, 0.2) is 78.9 Å². The second-order valence-electron chi connectivity index (χ2n) is 7.63. The number of carbonyl (C=O) groups is 1. The van der Waals surface area contributed by atoms with Crippen LogP contribution in [0.25, 0.3) is 27.6 Å². The summed E-state index contributed by atoms with van der Waals surface area (Å²) in [4.78, 5) is 13.4. The van der Waals surface area contributed by atoms with Gasteiger partial charge in [0.05, 0.1) is 5.41 Å². The van der Waals surface area contributed by atoms with Crippen molar-refractivity contribution < 1.29 is 4.79 Å². The van der Waals surface area contributed by atoms with Gasteiger partial charge >= 0.3 is 0 Å². The molecule has 1 spiro atoms. The molecule has 0 heterocycles. The van der Waals surface area contributed by atoms with Crippen molar-refractivity contribution in [2.24, 2.45) is 0 Å². The first-order valence-corrected chi connectivity index (χ1v) is 9.55. The minimum absolute atomic E-state index is 0.223. The molecule has 0 bridgehead atoms. The molecule has 128 valence electrons. The molecule has 1 heteroatoms. The van der Waals surface area contributed by atoms with Gasteiger partial charge in [0.1, 0.15) is 0 Å². The van der Waals surface area contributed by atoms with Gasteiger partial charge in [-0.3, -0.25) is 4.79 Å². The average molecular weight is 346 g/mol. The minimum atomic E-state index is -0.551. The van der Waals surface area contributed by atoms with Gasteiger partial charge in [-0.15, -0.1) is 0 Å². The van der Waals surface area contributed by atoms with E-state index in [4.69, 9.17) is 0 Å². The Balaban J connectivity index is 1.84. The summed E-state index contributed by atoms with van der Waals surface area (Å²) >= 11 is 0. The number of aryl methyl sites for hydroxylation is 1. The van der Waals surface area contributed by atoms with E-state index in [1.165, 1.54) is 38.2 Å². The van der Waals surface area contributed by atoms with Crippen molar-refractivity contribution in [2.45, 2.75) is 18.3 Å². The summed E-state index contributed by atoms with van der Waals surface area (Å²) in [7, 11) is 0. The highest BCUT2D eigenvalue weighted by atomic mass is 16.1. The van der Waals surface area contributed by atoms with Gasteiger partial charge in [0, 0.05) is 0 Å². The molecule has 0 saturated carbocycles. The largest absolute Gasteiger partial charge is 0.293 e. The van der Waals surface area contributed by atoms with E-state index < -0.39 is 5.41 Å². The highest BCUT2D eigenvalue weighted by Gasteiger charge is 2.49. The normalized spacial score (nSPS) is 20.4. The predicted molar refractivity (Wildman–Crippen MR) is 111 cm³/mol. The van der Waals surface area contributed by atoms with Gasteiger partial charge in [0.2, 0.25) is 0 Å². The summed E-state index contributed by atoms with van der Waals surface area (Å²) in [6.07, 6.45) is 5.56. The Labute approximate surface area is 158 Å². The lowest BCUT2D eigenvalue weighted by molar-refractivity contribution is -0.118. The van der Waals surface area contributed by atoms with Gasteiger partial charge in [-0.05, 0) is 62.7 Å². The molecule has 1 nitrogen and oxygen atoms in total. The molecule has 4 aromatic rings. The molecule has 0 amide bonds. The van der Waals surface area contributed by atoms with E-state index in [1.807, 2.05) is 6.08 Å². The van der Waals surface area contributed by atoms with E-state index >= 15 is 0 Å². The summed E-state index contributed by atoms with van der Waals surface area (Å²) in [6, 6.07) is 25.6. The third kappa shape index (κ3) is 1.77. The third-order valence-electron chi connectivity index (χ3n) is 6.47. The van der Waals surface area contributed by atoms with Gasteiger partial charge < -0.3 is 0 Å². The number of hydrogen-bond acceptors (Lipinski definition) is 1. The molecule has 0 aliphatic heterocycles. The molecule has 0 N–H and O–H groups in total. The lowest BCUT2D eigenvalue weighted by Crippen LogP contribution is -2.36. The summed E-state index contributed by atoms with van der Waals surface area (Å²) in [5.41, 5.74) is 4.37. The molecule has 0 aromatic heterocycles. The fourth-order valence-corrected chi connectivity index (χ4v) is 5.39. The lowest BCUT2D eigenvalue weighted by atomic mass is 9.67. The van der Waals surface area contributed by atoms with Crippen molar-refractivity contribution in [3.05, 3.63) is 101 Å². The standard InChI is InChI=1S/C26H18O/c27-24-14-13-17-7-1-6-12-23(17)26(24)16-15-22-20-10-3-2-8-18(20)19-9-4-5-11-21(19)25(22)26/h1-14H,15-16H2. The van der Waals surface area contributed by atoms with Crippen molar-refractivity contribution in [2.75, 3.05) is 0 Å². The maximum absolute atomic E-state index is 13.4. The SMILES string of the molecule is O=C1C=Cc2ccccc2C12CCc1c2c2ccccc2c2ccccc12. The molecule has 0 radical (unpaired) electrons. The van der Waals surface area contributed by atoms with Gasteiger partial charge in [-0.1, -0.05) is 78.9 Å². The average Bonchev–Trinajstić information content (AvgIpc) is 3.13. The summed E-state index contributed by atoms with van der Waals surface area (Å²) < 4.78 is 0. The second-order valence-corrected chi connectivity index (χ2v) is 7.63. The minimum Gasteiger partial charge on any atom is -0.293 e. The first kappa shape index (κ1) is 14.9. The Morgan fingerprint density at radius 3 is 2.11 bits per heavy atom. The molecule has 27 heavy (non-hydrogen) atoms. The van der Waals surface area contributed by atoms with Crippen LogP contribution in [0, 0.1) is 0 Å². The van der Waals surface area contributed by atoms with E-state index in [9.17, 15) is 4.79 Å². The first-order valence-electron chi connectivity index (χ1n) is 9.55. The summed E-state index contributed by atoms with van der Waals surface area (Å²) in [5.74, 6) is 0.223. The molecule has 0 fully saturated rings. The van der Waals surface area contributed by atoms with Crippen molar-refractivity contribution in [3.63, 3.8) is 0 Å². The fourth-order valence-electron chi connectivity index (χ4n) is 5.39. The molecule has 6 rings (SSSR count). The Bertz CT molecular complexity index is 1290. The van der Waals surface area contributed by atoms with E-state index in [2.05, 4.69) is 72.8 Å². The number of allylic oxidation sites excluding steroid dienone is 1. The third-order valence-corrected chi connectivity index (χ3v) is 6.47. The summed E-state index contributed by atoms with van der Waals surface area (Å²) in [5, 5.41) is 5.05. The van der Waals surface area contributed by atoms with Gasteiger partial charge in [-0.25, -0.2) is 0 Å². The number of fused-ring (bicyclic) bond motifs is 9. The number of ketones is 1. The maximum Gasteiger partial charge on any atom is 0.170 e. The van der Waals surface area contributed by atoms with E-state index in [-0.39, 0.29) is 5.78 Å². The fraction of sp³-hybridized carbons (Fsp3) is 0.115. The van der Waals surface area contributed by atoms with Crippen LogP contribution in [0.5, 0.6) is 0 Å². The topological polar surface area (TPSA) is 17.1 Å². The van der Waals surface area contributed by atoms with Crippen LogP contribution in [0.1, 0.15) is 28.7 Å².